The van der Waals surface area contributed by atoms with Crippen molar-refractivity contribution in [1.29, 1.82) is 0 Å². The molecule has 9 rings (SSSR count). The van der Waals surface area contributed by atoms with Crippen LogP contribution in [-0.4, -0.2) is 101 Å². The number of nitrogens with zero attached hydrogens (tertiary/aromatic N) is 4. The third kappa shape index (κ3) is 8.55. The monoisotopic (exact) mass is 882 g/mol. The van der Waals surface area contributed by atoms with Crippen LogP contribution in [0, 0.1) is 17.8 Å². The van der Waals surface area contributed by atoms with Crippen LogP contribution in [0.5, 0.6) is 5.75 Å². The second-order valence-electron chi connectivity index (χ2n) is 17.9. The maximum absolute atomic E-state index is 14.4. The van der Waals surface area contributed by atoms with Gasteiger partial charge >= 0.3 is 6.09 Å². The van der Waals surface area contributed by atoms with Gasteiger partial charge in [-0.3, -0.25) is 14.9 Å². The van der Waals surface area contributed by atoms with Crippen molar-refractivity contribution < 1.29 is 33.3 Å². The van der Waals surface area contributed by atoms with Crippen LogP contribution in [0.25, 0.3) is 44.2 Å². The van der Waals surface area contributed by atoms with Crippen molar-refractivity contribution in [3.8, 4) is 28.1 Å². The molecule has 2 fully saturated rings. The molecule has 3 aliphatic rings. The molecule has 0 radical (unpaired) electrons. The van der Waals surface area contributed by atoms with Gasteiger partial charge in [0.05, 0.1) is 61.5 Å². The van der Waals surface area contributed by atoms with E-state index in [0.717, 1.165) is 74.2 Å². The molecule has 4 aromatic carbocycles. The highest BCUT2D eigenvalue weighted by Crippen LogP contribution is 2.44. The number of benzene rings is 4. The first-order chi connectivity index (χ1) is 31.6. The number of hydrogen-bond acceptors (Lipinski definition) is 10. The zero-order valence-electron chi connectivity index (χ0n) is 37.9. The molecule has 0 saturated carbocycles. The van der Waals surface area contributed by atoms with Gasteiger partial charge in [-0.1, -0.05) is 75.7 Å². The minimum atomic E-state index is -0.946. The molecule has 15 nitrogen and oxygen atoms in total. The van der Waals surface area contributed by atoms with Crippen LogP contribution in [0.3, 0.4) is 0 Å². The highest BCUT2D eigenvalue weighted by molar-refractivity contribution is 6.07. The molecule has 0 spiro atoms. The number of ether oxygens (including phenoxy) is 4. The maximum atomic E-state index is 14.4. The molecule has 6 aromatic rings. The predicted octanol–water partition coefficient (Wildman–Crippen LogP) is 7.82. The lowest BCUT2D eigenvalue weighted by Crippen LogP contribution is -2.50. The van der Waals surface area contributed by atoms with E-state index in [1.165, 1.54) is 7.11 Å². The average Bonchev–Trinajstić information content (AvgIpc) is 4.16. The number of H-pyrrole nitrogens is 2. The summed E-state index contributed by atoms with van der Waals surface area (Å²) in [7, 11) is 4.58. The Kier molecular flexibility index (Phi) is 12.6. The van der Waals surface area contributed by atoms with Crippen LogP contribution in [0.15, 0.2) is 79.0 Å². The third-order valence-electron chi connectivity index (χ3n) is 13.5. The Hall–Kier alpha value is -6.29. The smallest absolute Gasteiger partial charge is 0.407 e. The fourth-order valence-electron chi connectivity index (χ4n) is 10.0. The van der Waals surface area contributed by atoms with E-state index >= 15 is 0 Å². The predicted molar refractivity (Wildman–Crippen MR) is 247 cm³/mol. The second kappa shape index (κ2) is 18.7. The summed E-state index contributed by atoms with van der Waals surface area (Å²) in [5.41, 5.74) is 7.33. The Bertz CT molecular complexity index is 2700. The van der Waals surface area contributed by atoms with Crippen molar-refractivity contribution in [2.75, 3.05) is 47.8 Å². The molecule has 4 N–H and O–H groups in total. The van der Waals surface area contributed by atoms with E-state index in [4.69, 9.17) is 28.9 Å². The van der Waals surface area contributed by atoms with Gasteiger partial charge in [-0.05, 0) is 76.6 Å². The molecule has 15 heteroatoms. The molecule has 7 atom stereocenters. The Morgan fingerprint density at radius 1 is 0.892 bits per heavy atom. The maximum Gasteiger partial charge on any atom is 0.407 e. The number of likely N-dealkylation sites (tertiary alicyclic amines) is 2. The van der Waals surface area contributed by atoms with E-state index in [2.05, 4.69) is 77.8 Å². The highest BCUT2D eigenvalue weighted by atomic mass is 16.5. The van der Waals surface area contributed by atoms with Crippen molar-refractivity contribution >= 4 is 39.7 Å². The summed E-state index contributed by atoms with van der Waals surface area (Å²) >= 11 is 0. The summed E-state index contributed by atoms with van der Waals surface area (Å²) in [5.74, 6) is 2.64. The summed E-state index contributed by atoms with van der Waals surface area (Å²) in [5, 5.41) is 8.05. The molecule has 5 heterocycles. The first-order valence-corrected chi connectivity index (χ1v) is 22.6. The van der Waals surface area contributed by atoms with Gasteiger partial charge in [-0.25, -0.2) is 14.8 Å². The molecule has 0 unspecified atom stereocenters. The number of aromatic nitrogens is 4. The quantitative estimate of drug-likeness (QED) is 0.0790. The average molecular weight is 883 g/mol. The van der Waals surface area contributed by atoms with E-state index in [0.29, 0.717) is 56.8 Å². The number of alkyl carbamates (subject to hydrolysis) is 1. The van der Waals surface area contributed by atoms with Gasteiger partial charge in [-0.15, -0.1) is 0 Å². The number of amides is 3. The molecule has 0 bridgehead atoms. The van der Waals surface area contributed by atoms with Gasteiger partial charge in [0, 0.05) is 44.2 Å². The lowest BCUT2D eigenvalue weighted by molar-refractivity contribution is -0.136. The van der Waals surface area contributed by atoms with E-state index in [1.54, 1.807) is 19.1 Å². The number of imidazole rings is 2. The molecule has 340 valence electrons. The summed E-state index contributed by atoms with van der Waals surface area (Å²) < 4.78 is 22.2. The molecule has 2 aromatic heterocycles. The van der Waals surface area contributed by atoms with Crippen LogP contribution >= 0.6 is 0 Å². The Morgan fingerprint density at radius 3 is 2.46 bits per heavy atom. The van der Waals surface area contributed by atoms with Gasteiger partial charge in [0.2, 0.25) is 5.91 Å². The van der Waals surface area contributed by atoms with Gasteiger partial charge in [0.15, 0.2) is 0 Å². The molecule has 3 aliphatic heterocycles. The number of hydrogen-bond donors (Lipinski definition) is 4. The molecular weight excluding hydrogens is 825 g/mol. The molecule has 2 saturated heterocycles. The van der Waals surface area contributed by atoms with Crippen molar-refractivity contribution in [2.24, 2.45) is 17.8 Å². The number of nitrogens with one attached hydrogen (secondary N) is 4. The first kappa shape index (κ1) is 43.9. The third-order valence-corrected chi connectivity index (χ3v) is 13.5. The number of carbonyl (C=O) groups is 3. The van der Waals surface area contributed by atoms with Crippen LogP contribution in [0.4, 0.5) is 4.79 Å². The topological polar surface area (TPSA) is 176 Å². The Labute approximate surface area is 378 Å². The normalized spacial score (nSPS) is 20.6. The van der Waals surface area contributed by atoms with E-state index < -0.39 is 12.1 Å². The number of rotatable bonds is 14. The Balaban J connectivity index is 0.980. The number of methoxy groups -OCH3 is 3. The number of aromatic amines is 2. The van der Waals surface area contributed by atoms with Gasteiger partial charge in [-0.2, -0.15) is 0 Å². The summed E-state index contributed by atoms with van der Waals surface area (Å²) in [6.07, 6.45) is 3.53. The zero-order valence-corrected chi connectivity index (χ0v) is 37.9. The van der Waals surface area contributed by atoms with Crippen molar-refractivity contribution in [3.63, 3.8) is 0 Å². The van der Waals surface area contributed by atoms with Gasteiger partial charge in [0.25, 0.3) is 5.91 Å². The van der Waals surface area contributed by atoms with Crippen molar-refractivity contribution in [3.05, 3.63) is 102 Å². The van der Waals surface area contributed by atoms with Gasteiger partial charge in [0.1, 0.15) is 30.0 Å². The largest absolute Gasteiger partial charge is 0.488 e. The molecule has 0 aliphatic carbocycles. The lowest BCUT2D eigenvalue weighted by atomic mass is 9.92. The molecule has 65 heavy (non-hydrogen) atoms. The molecular formula is C50H58N8O7. The minimum Gasteiger partial charge on any atom is -0.488 e. The van der Waals surface area contributed by atoms with E-state index in [1.807, 2.05) is 47.5 Å². The van der Waals surface area contributed by atoms with Crippen LogP contribution in [-0.2, 0) is 30.4 Å². The van der Waals surface area contributed by atoms with Crippen LogP contribution in [0.2, 0.25) is 0 Å². The van der Waals surface area contributed by atoms with Crippen molar-refractivity contribution in [2.45, 2.75) is 70.8 Å². The van der Waals surface area contributed by atoms with Crippen molar-refractivity contribution in [1.82, 2.24) is 40.4 Å². The second-order valence-corrected chi connectivity index (χ2v) is 17.9. The number of fused-ring (bicyclic) bond motifs is 6. The summed E-state index contributed by atoms with van der Waals surface area (Å²) in [4.78, 5) is 61.8. The van der Waals surface area contributed by atoms with Crippen LogP contribution < -0.4 is 15.4 Å². The summed E-state index contributed by atoms with van der Waals surface area (Å²) in [6.45, 7) is 8.71. The first-order valence-electron chi connectivity index (χ1n) is 22.6. The Morgan fingerprint density at radius 2 is 1.69 bits per heavy atom. The van der Waals surface area contributed by atoms with E-state index in [9.17, 15) is 14.4 Å². The molecule has 3 amide bonds. The van der Waals surface area contributed by atoms with E-state index in [-0.39, 0.29) is 41.8 Å². The number of carbonyl (C=O) groups excluding carboxylic acids is 3. The fourth-order valence-corrected chi connectivity index (χ4v) is 10.0. The standard InChI is InChI=1S/C50H58N8O7/c1-7-29(3)43(52-27-63-5)48(59)57-23-28(2)17-40(57)46-51-22-39(54-46)33-13-15-35-34(19-33)26-65-42-21-36-32(20-37(35)42)14-16-38-45(36)55-47(53-38)41-18-30(25-62-4)24-58(41)49(60)44(56-50(61)64-6)31-11-9-8-10-12-31/h8-16,19-22,28-30,40-41,43-44,52H,7,17-18,23-27H2,1-6H3,(H,51,54)(H,53,55)(H,56,61)/t28-,29-,30-,40-,41-,43-,44+/m0/s1. The van der Waals surface area contributed by atoms with Gasteiger partial charge < -0.3 is 44.0 Å². The summed E-state index contributed by atoms with van der Waals surface area (Å²) in [6, 6.07) is 22.1. The van der Waals surface area contributed by atoms with Crippen LogP contribution in [0.1, 0.15) is 80.9 Å². The highest BCUT2D eigenvalue weighted by Gasteiger charge is 2.42. The fraction of sp³-hybridized carbons (Fsp3) is 0.420. The lowest BCUT2D eigenvalue weighted by Gasteiger charge is -2.31. The zero-order chi connectivity index (χ0) is 45.4. The SMILES string of the molecule is CC[C@H](C)[C@H](NCOC)C(=O)N1C[C@@H](C)C[C@H]1c1ncc(-c2ccc3c(c2)COc2cc4c(ccc5nc([C@@H]6C[C@H](COC)CN6C(=O)[C@H](NC(=O)OC)c6ccccc6)[nH]c54)cc2-3)[nH]1. The minimum absolute atomic E-state index is 0.0681.